The summed E-state index contributed by atoms with van der Waals surface area (Å²) in [6.45, 7) is 4.62. The molecular weight excluding hydrogens is 634 g/mol. The number of benzene rings is 4. The van der Waals surface area contributed by atoms with Crippen LogP contribution in [0.25, 0.3) is 11.1 Å². The number of nitrogens with one attached hydrogen (secondary N) is 2. The minimum Gasteiger partial charge on any atom is -0.465 e. The van der Waals surface area contributed by atoms with Crippen molar-refractivity contribution < 1.29 is 34.0 Å². The standard InChI is InChI=1S/C40H47N3O7/c1-4-48-37(45)24-42-40(47)41-23-29-10-8-13-32(20-29)33-14-9-15-34(21-33)39-49-35(22-36(50-39)30-18-16-28(26-44)17-19-30)25-43(3)27(2)38(46)31-11-6-5-7-12-31/h5-21,27,35-36,38-39,44,46H,4,22-26H2,1-3H3,(H2,41,42,47). The Balaban J connectivity index is 1.31. The van der Waals surface area contributed by atoms with Crippen molar-refractivity contribution in [3.63, 3.8) is 0 Å². The van der Waals surface area contributed by atoms with Crippen LogP contribution in [0, 0.1) is 0 Å². The first-order valence-electron chi connectivity index (χ1n) is 17.0. The Hall–Kier alpha value is -4.58. The fourth-order valence-corrected chi connectivity index (χ4v) is 6.03. The summed E-state index contributed by atoms with van der Waals surface area (Å²) in [5.74, 6) is -0.490. The second-order valence-electron chi connectivity index (χ2n) is 12.6. The topological polar surface area (TPSA) is 130 Å². The lowest BCUT2D eigenvalue weighted by Crippen LogP contribution is -2.43. The smallest absolute Gasteiger partial charge is 0.325 e. The van der Waals surface area contributed by atoms with Gasteiger partial charge in [-0.25, -0.2) is 4.79 Å². The van der Waals surface area contributed by atoms with Gasteiger partial charge in [0.05, 0.1) is 31.5 Å². The number of aliphatic hydroxyl groups is 2. The predicted octanol–water partition coefficient (Wildman–Crippen LogP) is 5.81. The zero-order chi connectivity index (χ0) is 35.5. The Bertz CT molecular complexity index is 1680. The minimum absolute atomic E-state index is 0.0284. The van der Waals surface area contributed by atoms with Crippen molar-refractivity contribution >= 4 is 12.0 Å². The summed E-state index contributed by atoms with van der Waals surface area (Å²) in [7, 11) is 2.00. The summed E-state index contributed by atoms with van der Waals surface area (Å²) in [4.78, 5) is 25.9. The lowest BCUT2D eigenvalue weighted by molar-refractivity contribution is -0.253. The molecule has 0 aromatic heterocycles. The maximum absolute atomic E-state index is 12.2. The van der Waals surface area contributed by atoms with Crippen molar-refractivity contribution in [2.75, 3.05) is 26.7 Å². The highest BCUT2D eigenvalue weighted by molar-refractivity contribution is 5.80. The van der Waals surface area contributed by atoms with Crippen LogP contribution < -0.4 is 10.6 Å². The molecule has 1 fully saturated rings. The number of nitrogens with zero attached hydrogens (tertiary/aromatic N) is 1. The van der Waals surface area contributed by atoms with Gasteiger partial charge in [0.2, 0.25) is 0 Å². The van der Waals surface area contributed by atoms with Gasteiger partial charge in [0, 0.05) is 31.1 Å². The molecule has 0 radical (unpaired) electrons. The number of carbonyl (C=O) groups is 2. The number of rotatable bonds is 14. The maximum atomic E-state index is 12.2. The first kappa shape index (κ1) is 36.7. The van der Waals surface area contributed by atoms with Gasteiger partial charge in [0.15, 0.2) is 6.29 Å². The highest BCUT2D eigenvalue weighted by atomic mass is 16.7. The molecule has 2 amide bonds. The number of carbonyl (C=O) groups excluding carboxylic acids is 2. The zero-order valence-corrected chi connectivity index (χ0v) is 28.8. The summed E-state index contributed by atoms with van der Waals surface area (Å²) < 4.78 is 18.1. The number of ether oxygens (including phenoxy) is 3. The SMILES string of the molecule is CCOC(=O)CNC(=O)NCc1cccc(-c2cccc(C3OC(CN(C)C(C)C(O)c4ccccc4)CC(c4ccc(CO)cc4)O3)c2)c1. The zero-order valence-electron chi connectivity index (χ0n) is 28.8. The third-order valence-corrected chi connectivity index (χ3v) is 8.97. The van der Waals surface area contributed by atoms with Crippen molar-refractivity contribution in [3.05, 3.63) is 131 Å². The Morgan fingerprint density at radius 3 is 2.32 bits per heavy atom. The summed E-state index contributed by atoms with van der Waals surface area (Å²) in [6.07, 6.45) is -1.12. The summed E-state index contributed by atoms with van der Waals surface area (Å²) in [6, 6.07) is 32.8. The molecule has 4 N–H and O–H groups in total. The first-order valence-corrected chi connectivity index (χ1v) is 17.0. The van der Waals surface area contributed by atoms with E-state index in [9.17, 15) is 19.8 Å². The molecule has 5 atom stereocenters. The van der Waals surface area contributed by atoms with Gasteiger partial charge in [-0.3, -0.25) is 9.69 Å². The first-order chi connectivity index (χ1) is 24.2. The van der Waals surface area contributed by atoms with Crippen LogP contribution in [0.4, 0.5) is 4.79 Å². The van der Waals surface area contributed by atoms with Gasteiger partial charge >= 0.3 is 12.0 Å². The van der Waals surface area contributed by atoms with Crippen molar-refractivity contribution in [1.82, 2.24) is 15.5 Å². The van der Waals surface area contributed by atoms with Crippen molar-refractivity contribution in [2.24, 2.45) is 0 Å². The molecule has 1 aliphatic rings. The van der Waals surface area contributed by atoms with Crippen molar-refractivity contribution in [1.29, 1.82) is 0 Å². The molecule has 0 bridgehead atoms. The molecule has 4 aromatic carbocycles. The van der Waals surface area contributed by atoms with E-state index < -0.39 is 24.4 Å². The maximum Gasteiger partial charge on any atom is 0.325 e. The molecule has 5 rings (SSSR count). The molecule has 10 nitrogen and oxygen atoms in total. The number of urea groups is 1. The van der Waals surface area contributed by atoms with Crippen LogP contribution in [0.3, 0.4) is 0 Å². The number of esters is 1. The van der Waals surface area contributed by atoms with Crippen LogP contribution in [0.1, 0.15) is 66.6 Å². The van der Waals surface area contributed by atoms with Gasteiger partial charge in [-0.2, -0.15) is 0 Å². The van der Waals surface area contributed by atoms with Gasteiger partial charge in [-0.05, 0) is 66.4 Å². The molecule has 1 saturated heterocycles. The number of hydrogen-bond acceptors (Lipinski definition) is 8. The highest BCUT2D eigenvalue weighted by Gasteiger charge is 2.34. The van der Waals surface area contributed by atoms with Gasteiger partial charge in [0.1, 0.15) is 6.54 Å². The monoisotopic (exact) mass is 681 g/mol. The van der Waals surface area contributed by atoms with Crippen LogP contribution in [-0.4, -0.2) is 66.0 Å². The average molecular weight is 682 g/mol. The van der Waals surface area contributed by atoms with E-state index >= 15 is 0 Å². The molecule has 10 heteroatoms. The third-order valence-electron chi connectivity index (χ3n) is 8.97. The van der Waals surface area contributed by atoms with E-state index in [1.54, 1.807) is 6.92 Å². The van der Waals surface area contributed by atoms with E-state index in [1.165, 1.54) is 0 Å². The second kappa shape index (κ2) is 17.9. The normalized spacial score (nSPS) is 18.6. The number of hydrogen-bond donors (Lipinski definition) is 4. The molecule has 50 heavy (non-hydrogen) atoms. The summed E-state index contributed by atoms with van der Waals surface area (Å²) in [5.41, 5.74) is 6.39. The Morgan fingerprint density at radius 2 is 1.60 bits per heavy atom. The largest absolute Gasteiger partial charge is 0.465 e. The highest BCUT2D eigenvalue weighted by Crippen LogP contribution is 2.39. The second-order valence-corrected chi connectivity index (χ2v) is 12.6. The molecule has 4 aromatic rings. The van der Waals surface area contributed by atoms with Crippen molar-refractivity contribution in [3.8, 4) is 11.1 Å². The molecule has 1 heterocycles. The number of aliphatic hydroxyl groups excluding tert-OH is 2. The van der Waals surface area contributed by atoms with E-state index in [1.807, 2.05) is 111 Å². The molecule has 5 unspecified atom stereocenters. The lowest BCUT2D eigenvalue weighted by atomic mass is 9.97. The number of likely N-dealkylation sites (N-methyl/N-ethyl adjacent to an activating group) is 1. The van der Waals surface area contributed by atoms with Gasteiger partial charge in [-0.15, -0.1) is 0 Å². The van der Waals surface area contributed by atoms with Crippen LogP contribution in [0.15, 0.2) is 103 Å². The quantitative estimate of drug-likeness (QED) is 0.123. The molecule has 0 aliphatic carbocycles. The Labute approximate surface area is 294 Å². The van der Waals surface area contributed by atoms with Crippen LogP contribution >= 0.6 is 0 Å². The van der Waals surface area contributed by atoms with Gasteiger partial charge < -0.3 is 35.1 Å². The third kappa shape index (κ3) is 9.99. The predicted molar refractivity (Wildman–Crippen MR) is 191 cm³/mol. The number of amides is 2. The van der Waals surface area contributed by atoms with Gasteiger partial charge in [0.25, 0.3) is 0 Å². The molecule has 1 aliphatic heterocycles. The molecule has 0 saturated carbocycles. The van der Waals surface area contributed by atoms with E-state index in [0.717, 1.165) is 38.9 Å². The van der Waals surface area contributed by atoms with E-state index in [-0.39, 0.29) is 44.6 Å². The van der Waals surface area contributed by atoms with E-state index in [2.05, 4.69) is 21.6 Å². The van der Waals surface area contributed by atoms with E-state index in [0.29, 0.717) is 13.0 Å². The molecule has 0 spiro atoms. The van der Waals surface area contributed by atoms with Crippen LogP contribution in [0.2, 0.25) is 0 Å². The van der Waals surface area contributed by atoms with Crippen molar-refractivity contribution in [2.45, 2.75) is 64.1 Å². The fourth-order valence-electron chi connectivity index (χ4n) is 6.03. The minimum atomic E-state index is -0.653. The van der Waals surface area contributed by atoms with Crippen LogP contribution in [0.5, 0.6) is 0 Å². The van der Waals surface area contributed by atoms with Crippen LogP contribution in [-0.2, 0) is 32.2 Å². The Morgan fingerprint density at radius 1 is 0.880 bits per heavy atom. The van der Waals surface area contributed by atoms with E-state index in [4.69, 9.17) is 14.2 Å². The Kier molecular flexibility index (Phi) is 13.1. The average Bonchev–Trinajstić information content (AvgIpc) is 3.16. The summed E-state index contributed by atoms with van der Waals surface area (Å²) >= 11 is 0. The fraction of sp³-hybridized carbons (Fsp3) is 0.350. The molecule has 264 valence electrons. The molecular formula is C40H47N3O7. The van der Waals surface area contributed by atoms with Gasteiger partial charge in [-0.1, -0.05) is 91.0 Å². The summed E-state index contributed by atoms with van der Waals surface area (Å²) in [5, 5.41) is 26.0. The lowest BCUT2D eigenvalue weighted by Gasteiger charge is -2.39.